The van der Waals surface area contributed by atoms with Crippen LogP contribution in [-0.4, -0.2) is 47.0 Å². The lowest BCUT2D eigenvalue weighted by Crippen LogP contribution is -2.52. The molecule has 1 aromatic carbocycles. The molecule has 1 saturated heterocycles. The van der Waals surface area contributed by atoms with Gasteiger partial charge >= 0.3 is 0 Å². The molecule has 2 aliphatic rings. The minimum absolute atomic E-state index is 0.0480. The number of unbranched alkanes of at least 4 members (excludes halogenated alkanes) is 1. The first-order chi connectivity index (χ1) is 12.0. The number of hydrogen-bond acceptors (Lipinski definition) is 5. The molecule has 1 aromatic rings. The van der Waals surface area contributed by atoms with Gasteiger partial charge in [-0.25, -0.2) is 4.39 Å². The van der Waals surface area contributed by atoms with Gasteiger partial charge in [-0.2, -0.15) is 0 Å². The summed E-state index contributed by atoms with van der Waals surface area (Å²) in [6, 6.07) is 1.62. The molecule has 0 saturated carbocycles. The smallest absolute Gasteiger partial charge is 0.255 e. The Balaban J connectivity index is 1.80. The zero-order chi connectivity index (χ0) is 18.0. The summed E-state index contributed by atoms with van der Waals surface area (Å²) in [4.78, 5) is 37.3. The molecule has 0 bridgehead atoms. The number of ether oxygens (including phenoxy) is 1. The first-order valence-electron chi connectivity index (χ1n) is 8.22. The molecule has 3 amide bonds. The standard InChI is InChI=1S/C17H19FN2O5/c18-10-7-11-12(14(8-10)25-6-2-1-5-21)9-20(17(11)24)13-3-4-15(22)19-16(13)23/h7-8,13,21H,1-6,9H2,(H,19,22,23). The number of carbonyl (C=O) groups is 3. The van der Waals surface area contributed by atoms with Crippen LogP contribution in [0.2, 0.25) is 0 Å². The fourth-order valence-electron chi connectivity index (χ4n) is 3.12. The molecule has 1 unspecified atom stereocenters. The van der Waals surface area contributed by atoms with Crippen molar-refractivity contribution in [3.8, 4) is 5.75 Å². The minimum Gasteiger partial charge on any atom is -0.493 e. The van der Waals surface area contributed by atoms with Crippen LogP contribution in [0.3, 0.4) is 0 Å². The lowest BCUT2D eigenvalue weighted by molar-refractivity contribution is -0.136. The Kier molecular flexibility index (Phi) is 4.98. The zero-order valence-corrected chi connectivity index (χ0v) is 13.6. The molecule has 1 fully saturated rings. The fourth-order valence-corrected chi connectivity index (χ4v) is 3.12. The molecule has 3 rings (SSSR count). The van der Waals surface area contributed by atoms with Gasteiger partial charge in [0.1, 0.15) is 17.6 Å². The summed E-state index contributed by atoms with van der Waals surface area (Å²) in [5.41, 5.74) is 0.724. The highest BCUT2D eigenvalue weighted by Gasteiger charge is 2.40. The van der Waals surface area contributed by atoms with E-state index in [9.17, 15) is 18.8 Å². The minimum atomic E-state index is -0.747. The highest BCUT2D eigenvalue weighted by molar-refractivity contribution is 6.05. The van der Waals surface area contributed by atoms with Crippen molar-refractivity contribution >= 4 is 17.7 Å². The largest absolute Gasteiger partial charge is 0.493 e. The Morgan fingerprint density at radius 1 is 1.28 bits per heavy atom. The molecule has 2 heterocycles. The van der Waals surface area contributed by atoms with Gasteiger partial charge in [0.05, 0.1) is 18.7 Å². The Morgan fingerprint density at radius 3 is 2.80 bits per heavy atom. The third-order valence-electron chi connectivity index (χ3n) is 4.39. The Morgan fingerprint density at radius 2 is 2.08 bits per heavy atom. The summed E-state index contributed by atoms with van der Waals surface area (Å²) in [5.74, 6) is -1.62. The molecule has 1 atom stereocenters. The summed E-state index contributed by atoms with van der Waals surface area (Å²) < 4.78 is 19.4. The van der Waals surface area contributed by atoms with Gasteiger partial charge in [0, 0.05) is 24.7 Å². The lowest BCUT2D eigenvalue weighted by atomic mass is 10.0. The zero-order valence-electron chi connectivity index (χ0n) is 13.6. The van der Waals surface area contributed by atoms with Crippen LogP contribution in [0.25, 0.3) is 0 Å². The van der Waals surface area contributed by atoms with Gasteiger partial charge in [0.25, 0.3) is 5.91 Å². The van der Waals surface area contributed by atoms with Gasteiger partial charge in [-0.1, -0.05) is 0 Å². The van der Waals surface area contributed by atoms with Crippen molar-refractivity contribution in [2.75, 3.05) is 13.2 Å². The molecular weight excluding hydrogens is 331 g/mol. The second-order valence-electron chi connectivity index (χ2n) is 6.11. The molecule has 0 spiro atoms. The monoisotopic (exact) mass is 350 g/mol. The number of carbonyl (C=O) groups excluding carboxylic acids is 3. The Hall–Kier alpha value is -2.48. The number of aliphatic hydroxyl groups is 1. The molecule has 25 heavy (non-hydrogen) atoms. The highest BCUT2D eigenvalue weighted by Crippen LogP contribution is 2.34. The number of nitrogens with one attached hydrogen (secondary N) is 1. The van der Waals surface area contributed by atoms with E-state index in [-0.39, 0.29) is 43.2 Å². The maximum Gasteiger partial charge on any atom is 0.255 e. The van der Waals surface area contributed by atoms with Gasteiger partial charge in [-0.3, -0.25) is 19.7 Å². The molecule has 2 aliphatic heterocycles. The van der Waals surface area contributed by atoms with Crippen LogP contribution in [-0.2, 0) is 16.1 Å². The number of halogens is 1. The molecule has 8 heteroatoms. The van der Waals surface area contributed by atoms with Crippen LogP contribution in [0.4, 0.5) is 4.39 Å². The molecule has 7 nitrogen and oxygen atoms in total. The normalized spacial score (nSPS) is 19.8. The predicted molar refractivity (Wildman–Crippen MR) is 84.3 cm³/mol. The van der Waals surface area contributed by atoms with Crippen molar-refractivity contribution < 1.29 is 28.6 Å². The first-order valence-corrected chi connectivity index (χ1v) is 8.22. The van der Waals surface area contributed by atoms with Crippen LogP contribution in [0, 0.1) is 5.82 Å². The van der Waals surface area contributed by atoms with Crippen molar-refractivity contribution in [2.45, 2.75) is 38.3 Å². The van der Waals surface area contributed by atoms with Crippen LogP contribution in [0.5, 0.6) is 5.75 Å². The third-order valence-corrected chi connectivity index (χ3v) is 4.39. The average Bonchev–Trinajstić information content (AvgIpc) is 2.89. The molecule has 0 aliphatic carbocycles. The number of hydrogen-bond donors (Lipinski definition) is 2. The van der Waals surface area contributed by atoms with Crippen molar-refractivity contribution in [3.05, 3.63) is 29.1 Å². The lowest BCUT2D eigenvalue weighted by Gasteiger charge is -2.29. The van der Waals surface area contributed by atoms with Gasteiger partial charge in [-0.05, 0) is 25.3 Å². The van der Waals surface area contributed by atoms with Crippen molar-refractivity contribution in [1.29, 1.82) is 0 Å². The Bertz CT molecular complexity index is 721. The molecule has 0 radical (unpaired) electrons. The van der Waals surface area contributed by atoms with E-state index in [1.165, 1.54) is 11.0 Å². The van der Waals surface area contributed by atoms with Gasteiger partial charge in [-0.15, -0.1) is 0 Å². The molecule has 0 aromatic heterocycles. The average molecular weight is 350 g/mol. The van der Waals surface area contributed by atoms with E-state index in [1.54, 1.807) is 0 Å². The number of nitrogens with zero attached hydrogens (tertiary/aromatic N) is 1. The fraction of sp³-hybridized carbons (Fsp3) is 0.471. The third kappa shape index (κ3) is 3.48. The number of rotatable bonds is 6. The number of amides is 3. The highest BCUT2D eigenvalue weighted by atomic mass is 19.1. The predicted octanol–water partition coefficient (Wildman–Crippen LogP) is 0.738. The quantitative estimate of drug-likeness (QED) is 0.583. The number of benzene rings is 1. The molecule has 2 N–H and O–H groups in total. The van der Waals surface area contributed by atoms with Crippen LogP contribution in [0.1, 0.15) is 41.6 Å². The second kappa shape index (κ2) is 7.18. The second-order valence-corrected chi connectivity index (χ2v) is 6.11. The SMILES string of the molecule is O=C1CCC(N2Cc3c(OCCCCO)cc(F)cc3C2=O)C(=O)N1. The number of imide groups is 1. The molecular formula is C17H19FN2O5. The maximum atomic E-state index is 13.9. The van der Waals surface area contributed by atoms with Gasteiger partial charge in [0.2, 0.25) is 11.8 Å². The van der Waals surface area contributed by atoms with E-state index in [0.717, 1.165) is 6.07 Å². The van der Waals surface area contributed by atoms with Crippen LogP contribution < -0.4 is 10.1 Å². The Labute approximate surface area is 143 Å². The van der Waals surface area contributed by atoms with E-state index >= 15 is 0 Å². The molecule has 134 valence electrons. The summed E-state index contributed by atoms with van der Waals surface area (Å²) >= 11 is 0. The van der Waals surface area contributed by atoms with Gasteiger partial charge < -0.3 is 14.7 Å². The topological polar surface area (TPSA) is 95.9 Å². The van der Waals surface area contributed by atoms with Gasteiger partial charge in [0.15, 0.2) is 0 Å². The maximum absolute atomic E-state index is 13.9. The summed E-state index contributed by atoms with van der Waals surface area (Å²) in [6.07, 6.45) is 1.58. The number of aliphatic hydroxyl groups excluding tert-OH is 1. The van der Waals surface area contributed by atoms with E-state index in [4.69, 9.17) is 9.84 Å². The van der Waals surface area contributed by atoms with Crippen LogP contribution in [0.15, 0.2) is 12.1 Å². The van der Waals surface area contributed by atoms with E-state index in [2.05, 4.69) is 5.32 Å². The van der Waals surface area contributed by atoms with Crippen LogP contribution >= 0.6 is 0 Å². The van der Waals surface area contributed by atoms with E-state index in [1.807, 2.05) is 0 Å². The summed E-state index contributed by atoms with van der Waals surface area (Å²) in [5, 5.41) is 11.0. The van der Waals surface area contributed by atoms with E-state index < -0.39 is 23.7 Å². The van der Waals surface area contributed by atoms with E-state index in [0.29, 0.717) is 25.0 Å². The number of piperidine rings is 1. The summed E-state index contributed by atoms with van der Waals surface area (Å²) in [7, 11) is 0. The first kappa shape index (κ1) is 17.3. The van der Waals surface area contributed by atoms with Crippen molar-refractivity contribution in [2.24, 2.45) is 0 Å². The number of fused-ring (bicyclic) bond motifs is 1. The van der Waals surface area contributed by atoms with Crippen molar-refractivity contribution in [3.63, 3.8) is 0 Å². The van der Waals surface area contributed by atoms with Crippen molar-refractivity contribution in [1.82, 2.24) is 10.2 Å². The summed E-state index contributed by atoms with van der Waals surface area (Å²) in [6.45, 7) is 0.478.